The highest BCUT2D eigenvalue weighted by molar-refractivity contribution is 7.91. The molecule has 3 rings (SSSR count). The van der Waals surface area contributed by atoms with Crippen LogP contribution in [-0.2, 0) is 9.84 Å². The molecule has 0 aromatic heterocycles. The smallest absolute Gasteiger partial charge is 0.152 e. The van der Waals surface area contributed by atoms with Crippen LogP contribution in [0.15, 0.2) is 24.3 Å². The van der Waals surface area contributed by atoms with E-state index in [0.717, 1.165) is 13.0 Å². The van der Waals surface area contributed by atoms with Gasteiger partial charge in [0.25, 0.3) is 0 Å². The number of nitrogens with zero attached hydrogens (tertiary/aromatic N) is 1. The van der Waals surface area contributed by atoms with Crippen molar-refractivity contribution >= 4 is 15.5 Å². The van der Waals surface area contributed by atoms with Crippen molar-refractivity contribution in [3.8, 4) is 0 Å². The minimum absolute atomic E-state index is 0.193. The van der Waals surface area contributed by atoms with Crippen molar-refractivity contribution in [3.05, 3.63) is 29.8 Å². The zero-order valence-corrected chi connectivity index (χ0v) is 12.2. The summed E-state index contributed by atoms with van der Waals surface area (Å²) in [4.78, 5) is 2.26. The summed E-state index contributed by atoms with van der Waals surface area (Å²) in [5.41, 5.74) is 2.68. The summed E-state index contributed by atoms with van der Waals surface area (Å²) >= 11 is 0. The molecule has 0 amide bonds. The Bertz CT molecular complexity index is 563. The van der Waals surface area contributed by atoms with Gasteiger partial charge in [0.05, 0.1) is 5.25 Å². The SMILES string of the molecule is CS(=O)(=O)[C@@H]1CCN(c2ccccc2C2CCC2)C1. The van der Waals surface area contributed by atoms with Crippen LogP contribution in [0.25, 0.3) is 0 Å². The number of hydrogen-bond acceptors (Lipinski definition) is 3. The molecule has 1 aromatic rings. The van der Waals surface area contributed by atoms with E-state index in [2.05, 4.69) is 29.2 Å². The first-order chi connectivity index (χ1) is 9.05. The monoisotopic (exact) mass is 279 g/mol. The Hall–Kier alpha value is -1.03. The van der Waals surface area contributed by atoms with Crippen LogP contribution >= 0.6 is 0 Å². The van der Waals surface area contributed by atoms with Gasteiger partial charge in [-0.2, -0.15) is 0 Å². The first-order valence-electron chi connectivity index (χ1n) is 7.08. The Morgan fingerprint density at radius 2 is 1.89 bits per heavy atom. The van der Waals surface area contributed by atoms with Crippen LogP contribution in [0, 0.1) is 0 Å². The third-order valence-electron chi connectivity index (χ3n) is 4.57. The second kappa shape index (κ2) is 4.82. The minimum atomic E-state index is -2.91. The molecule has 19 heavy (non-hydrogen) atoms. The molecule has 0 bridgehead atoms. The van der Waals surface area contributed by atoms with E-state index in [0.29, 0.717) is 12.5 Å². The van der Waals surface area contributed by atoms with Gasteiger partial charge in [0.15, 0.2) is 9.84 Å². The summed E-state index contributed by atoms with van der Waals surface area (Å²) in [7, 11) is -2.91. The molecule has 3 nitrogen and oxygen atoms in total. The summed E-state index contributed by atoms with van der Waals surface area (Å²) in [5, 5.41) is -0.193. The van der Waals surface area contributed by atoms with E-state index in [4.69, 9.17) is 0 Å². The normalized spacial score (nSPS) is 24.5. The van der Waals surface area contributed by atoms with Crippen molar-refractivity contribution in [1.29, 1.82) is 0 Å². The predicted molar refractivity (Wildman–Crippen MR) is 78.5 cm³/mol. The second-order valence-electron chi connectivity index (χ2n) is 5.87. The Balaban J connectivity index is 1.83. The molecule has 1 aliphatic carbocycles. The molecule has 1 atom stereocenters. The number of anilines is 1. The highest BCUT2D eigenvalue weighted by Gasteiger charge is 2.32. The molecule has 0 radical (unpaired) electrons. The maximum absolute atomic E-state index is 11.7. The lowest BCUT2D eigenvalue weighted by molar-refractivity contribution is 0.420. The average molecular weight is 279 g/mol. The molecule has 0 unspecified atom stereocenters. The number of benzene rings is 1. The Morgan fingerprint density at radius 3 is 2.47 bits per heavy atom. The summed E-state index contributed by atoms with van der Waals surface area (Å²) in [5.74, 6) is 0.688. The molecule has 1 heterocycles. The lowest BCUT2D eigenvalue weighted by Gasteiger charge is -2.31. The number of rotatable bonds is 3. The maximum atomic E-state index is 11.7. The third kappa shape index (κ3) is 2.50. The highest BCUT2D eigenvalue weighted by atomic mass is 32.2. The Labute approximate surface area is 115 Å². The van der Waals surface area contributed by atoms with Crippen molar-refractivity contribution in [2.75, 3.05) is 24.2 Å². The van der Waals surface area contributed by atoms with Gasteiger partial charge in [-0.05, 0) is 36.8 Å². The zero-order chi connectivity index (χ0) is 13.5. The van der Waals surface area contributed by atoms with Crippen LogP contribution in [0.4, 0.5) is 5.69 Å². The van der Waals surface area contributed by atoms with Crippen LogP contribution in [0.2, 0.25) is 0 Å². The van der Waals surface area contributed by atoms with E-state index in [9.17, 15) is 8.42 Å². The fourth-order valence-corrected chi connectivity index (χ4v) is 4.12. The van der Waals surface area contributed by atoms with Gasteiger partial charge < -0.3 is 4.90 Å². The topological polar surface area (TPSA) is 37.4 Å². The number of para-hydroxylation sites is 1. The first-order valence-corrected chi connectivity index (χ1v) is 9.04. The first kappa shape index (κ1) is 13.0. The van der Waals surface area contributed by atoms with E-state index in [1.54, 1.807) is 0 Å². The van der Waals surface area contributed by atoms with Gasteiger partial charge in [0.1, 0.15) is 0 Å². The standard InChI is InChI=1S/C15H21NO2S/c1-19(17,18)13-9-10-16(11-13)15-8-3-2-7-14(15)12-5-4-6-12/h2-3,7-8,12-13H,4-6,9-11H2,1H3/t13-/m1/s1. The van der Waals surface area contributed by atoms with Gasteiger partial charge in [-0.1, -0.05) is 24.6 Å². The van der Waals surface area contributed by atoms with Gasteiger partial charge in [-0.25, -0.2) is 8.42 Å². The van der Waals surface area contributed by atoms with E-state index >= 15 is 0 Å². The zero-order valence-electron chi connectivity index (χ0n) is 11.4. The fourth-order valence-electron chi connectivity index (χ4n) is 3.14. The second-order valence-corrected chi connectivity index (χ2v) is 8.20. The van der Waals surface area contributed by atoms with Crippen molar-refractivity contribution in [3.63, 3.8) is 0 Å². The molecule has 2 aliphatic rings. The third-order valence-corrected chi connectivity index (χ3v) is 6.17. The van der Waals surface area contributed by atoms with Crippen molar-refractivity contribution in [2.24, 2.45) is 0 Å². The van der Waals surface area contributed by atoms with E-state index in [1.165, 1.54) is 36.8 Å². The van der Waals surface area contributed by atoms with Crippen LogP contribution in [0.5, 0.6) is 0 Å². The summed E-state index contributed by atoms with van der Waals surface area (Å²) in [6.07, 6.45) is 6.00. The largest absolute Gasteiger partial charge is 0.370 e. The quantitative estimate of drug-likeness (QED) is 0.853. The van der Waals surface area contributed by atoms with Gasteiger partial charge >= 0.3 is 0 Å². The maximum Gasteiger partial charge on any atom is 0.152 e. The van der Waals surface area contributed by atoms with Crippen LogP contribution in [0.1, 0.15) is 37.2 Å². The molecule has 4 heteroatoms. The Kier molecular flexibility index (Phi) is 3.29. The predicted octanol–water partition coefficient (Wildman–Crippen LogP) is 2.58. The lowest BCUT2D eigenvalue weighted by Crippen LogP contribution is -2.27. The molecule has 104 valence electrons. The van der Waals surface area contributed by atoms with Gasteiger partial charge in [0, 0.05) is 25.0 Å². The van der Waals surface area contributed by atoms with Crippen molar-refractivity contribution < 1.29 is 8.42 Å². The highest BCUT2D eigenvalue weighted by Crippen LogP contribution is 2.41. The summed E-state index contributed by atoms with van der Waals surface area (Å²) in [6, 6.07) is 8.53. The average Bonchev–Trinajstić information content (AvgIpc) is 2.76. The number of hydrogen-bond donors (Lipinski definition) is 0. The van der Waals surface area contributed by atoms with E-state index < -0.39 is 9.84 Å². The van der Waals surface area contributed by atoms with E-state index in [1.807, 2.05) is 0 Å². The van der Waals surface area contributed by atoms with E-state index in [-0.39, 0.29) is 5.25 Å². The molecule has 1 saturated carbocycles. The lowest BCUT2D eigenvalue weighted by atomic mass is 9.79. The molecular formula is C15H21NO2S. The van der Waals surface area contributed by atoms with Crippen molar-refractivity contribution in [2.45, 2.75) is 36.9 Å². The summed E-state index contributed by atoms with van der Waals surface area (Å²) in [6.45, 7) is 1.52. The Morgan fingerprint density at radius 1 is 1.16 bits per heavy atom. The van der Waals surface area contributed by atoms with Crippen molar-refractivity contribution in [1.82, 2.24) is 0 Å². The molecule has 0 spiro atoms. The molecule has 1 aliphatic heterocycles. The molecular weight excluding hydrogens is 258 g/mol. The van der Waals surface area contributed by atoms with Crippen LogP contribution < -0.4 is 4.90 Å². The van der Waals surface area contributed by atoms with Gasteiger partial charge in [-0.15, -0.1) is 0 Å². The minimum Gasteiger partial charge on any atom is -0.370 e. The van der Waals surface area contributed by atoms with Gasteiger partial charge in [0.2, 0.25) is 0 Å². The molecule has 1 aromatic carbocycles. The van der Waals surface area contributed by atoms with Crippen LogP contribution in [-0.4, -0.2) is 33.0 Å². The van der Waals surface area contributed by atoms with Crippen LogP contribution in [0.3, 0.4) is 0 Å². The van der Waals surface area contributed by atoms with Gasteiger partial charge in [-0.3, -0.25) is 0 Å². The molecule has 2 fully saturated rings. The summed E-state index contributed by atoms with van der Waals surface area (Å²) < 4.78 is 23.3. The molecule has 0 N–H and O–H groups in total. The fraction of sp³-hybridized carbons (Fsp3) is 0.600. The number of sulfone groups is 1. The molecule has 1 saturated heterocycles.